The van der Waals surface area contributed by atoms with Gasteiger partial charge >= 0.3 is 7.82 Å². The van der Waals surface area contributed by atoms with Crippen molar-refractivity contribution in [2.45, 2.75) is 78.6 Å². The highest BCUT2D eigenvalue weighted by molar-refractivity contribution is 7.52. The van der Waals surface area contributed by atoms with Crippen molar-refractivity contribution in [2.75, 3.05) is 13.2 Å². The first-order valence-corrected chi connectivity index (χ1v) is 23.9. The van der Waals surface area contributed by atoms with E-state index in [0.717, 1.165) is 6.54 Å². The molecule has 146 valence electrons. The normalized spacial score (nSPS) is 15.2. The molecule has 0 aromatic carbocycles. The lowest BCUT2D eigenvalue weighted by molar-refractivity contribution is 0.201. The van der Waals surface area contributed by atoms with E-state index in [4.69, 9.17) is 12.9 Å². The largest absolute Gasteiger partial charge is 0.455 e. The number of nitrogens with zero attached hydrogens (tertiary/aromatic N) is 1. The van der Waals surface area contributed by atoms with Crippen LogP contribution in [-0.2, 0) is 17.5 Å². The van der Waals surface area contributed by atoms with Gasteiger partial charge < -0.3 is 12.7 Å². The second-order valence-corrected chi connectivity index (χ2v) is 31.5. The van der Waals surface area contributed by atoms with Gasteiger partial charge in [0.05, 0.1) is 6.61 Å². The maximum atomic E-state index is 13.1. The second kappa shape index (κ2) is 8.31. The summed E-state index contributed by atoms with van der Waals surface area (Å²) in [6.45, 7) is 27.3. The standard InChI is InChI=1S/C14H40NO4PSi4/c1-21(2,3)15(22(4,5)6)13-14-17-20(16,18-23(7,8)9)19-24(10,11)12/h13-14H2,1-12H3. The highest BCUT2D eigenvalue weighted by atomic mass is 31.2. The van der Waals surface area contributed by atoms with Crippen molar-refractivity contribution < 1.29 is 17.5 Å². The zero-order chi connectivity index (χ0) is 19.6. The lowest BCUT2D eigenvalue weighted by atomic mass is 10.8. The minimum atomic E-state index is -3.50. The number of hydrogen-bond donors (Lipinski definition) is 0. The van der Waals surface area contributed by atoms with E-state index in [9.17, 15) is 4.57 Å². The molecule has 0 aromatic heterocycles. The molecule has 0 aliphatic carbocycles. The van der Waals surface area contributed by atoms with E-state index < -0.39 is 40.9 Å². The molecule has 24 heavy (non-hydrogen) atoms. The molecule has 0 radical (unpaired) electrons. The lowest BCUT2D eigenvalue weighted by Crippen LogP contribution is -2.59. The maximum absolute atomic E-state index is 13.1. The molecule has 0 unspecified atom stereocenters. The molecular weight excluding hydrogens is 389 g/mol. The molecule has 0 N–H and O–H groups in total. The van der Waals surface area contributed by atoms with Gasteiger partial charge in [0, 0.05) is 6.54 Å². The zero-order valence-electron chi connectivity index (χ0n) is 17.9. The highest BCUT2D eigenvalue weighted by Gasteiger charge is 2.39. The van der Waals surface area contributed by atoms with Gasteiger partial charge in [-0.1, -0.05) is 39.3 Å². The summed E-state index contributed by atoms with van der Waals surface area (Å²) in [5.41, 5.74) is 0. The smallest absolute Gasteiger partial charge is 0.344 e. The first-order valence-electron chi connectivity index (χ1n) is 8.69. The number of phosphoric acid groups is 1. The van der Waals surface area contributed by atoms with E-state index in [1.807, 2.05) is 39.3 Å². The van der Waals surface area contributed by atoms with Crippen LogP contribution in [-0.4, -0.2) is 50.5 Å². The van der Waals surface area contributed by atoms with E-state index in [1.54, 1.807) is 0 Å². The molecule has 0 heterocycles. The fraction of sp³-hybridized carbons (Fsp3) is 1.00. The molecule has 0 aliphatic heterocycles. The summed E-state index contributed by atoms with van der Waals surface area (Å²) in [4.78, 5) is 0. The maximum Gasteiger partial charge on any atom is 0.455 e. The third-order valence-electron chi connectivity index (χ3n) is 2.96. The van der Waals surface area contributed by atoms with Crippen LogP contribution in [0.1, 0.15) is 0 Å². The van der Waals surface area contributed by atoms with Crippen LogP contribution in [0, 0.1) is 0 Å². The van der Waals surface area contributed by atoms with Crippen LogP contribution in [0.4, 0.5) is 0 Å². The summed E-state index contributed by atoms with van der Waals surface area (Å²) in [5.74, 6) is 0. The van der Waals surface area contributed by atoms with Gasteiger partial charge in [-0.2, -0.15) is 0 Å². The molecule has 0 aliphatic rings. The predicted molar refractivity (Wildman–Crippen MR) is 116 cm³/mol. The van der Waals surface area contributed by atoms with Gasteiger partial charge in [-0.25, -0.2) is 4.57 Å². The Hall–Kier alpha value is 0.938. The monoisotopic (exact) mass is 429 g/mol. The third-order valence-corrected chi connectivity index (χ3v) is 17.3. The van der Waals surface area contributed by atoms with Crippen LogP contribution in [0.3, 0.4) is 0 Å². The first kappa shape index (κ1) is 24.9. The van der Waals surface area contributed by atoms with Gasteiger partial charge in [0.1, 0.15) is 16.5 Å². The minimum Gasteiger partial charge on any atom is -0.344 e. The molecule has 0 rings (SSSR count). The third kappa shape index (κ3) is 10.8. The van der Waals surface area contributed by atoms with Crippen LogP contribution in [0.5, 0.6) is 0 Å². The summed E-state index contributed by atoms with van der Waals surface area (Å²) in [6, 6.07) is 0. The minimum absolute atomic E-state index is 0.390. The molecule has 5 nitrogen and oxygen atoms in total. The second-order valence-electron chi connectivity index (χ2n) is 10.2. The molecule has 0 saturated carbocycles. The molecule has 0 spiro atoms. The summed E-state index contributed by atoms with van der Waals surface area (Å²) >= 11 is 0. The molecule has 0 amide bonds. The predicted octanol–water partition coefficient (Wildman–Crippen LogP) is 5.79. The van der Waals surface area contributed by atoms with Gasteiger partial charge in [-0.3, -0.25) is 4.52 Å². The summed E-state index contributed by atoms with van der Waals surface area (Å²) < 4.78 is 33.2. The summed E-state index contributed by atoms with van der Waals surface area (Å²) in [6.07, 6.45) is 0. The fourth-order valence-corrected chi connectivity index (χ4v) is 18.8. The van der Waals surface area contributed by atoms with Crippen molar-refractivity contribution in [1.82, 2.24) is 4.23 Å². The highest BCUT2D eigenvalue weighted by Crippen LogP contribution is 2.53. The molecule has 10 heteroatoms. The van der Waals surface area contributed by atoms with Gasteiger partial charge in [-0.15, -0.1) is 0 Å². The average molecular weight is 430 g/mol. The van der Waals surface area contributed by atoms with E-state index in [2.05, 4.69) is 43.5 Å². The van der Waals surface area contributed by atoms with Crippen molar-refractivity contribution in [2.24, 2.45) is 0 Å². The molecule has 0 saturated heterocycles. The Morgan fingerprint density at radius 3 is 1.29 bits per heavy atom. The van der Waals surface area contributed by atoms with Crippen LogP contribution < -0.4 is 0 Å². The van der Waals surface area contributed by atoms with Crippen molar-refractivity contribution in [3.63, 3.8) is 0 Å². The Bertz CT molecular complexity index is 416. The Kier molecular flexibility index (Phi) is 8.63. The fourth-order valence-electron chi connectivity index (χ4n) is 2.66. The summed E-state index contributed by atoms with van der Waals surface area (Å²) in [5, 5.41) is 0. The van der Waals surface area contributed by atoms with Crippen molar-refractivity contribution >= 4 is 40.9 Å². The Balaban J connectivity index is 5.10. The van der Waals surface area contributed by atoms with Crippen LogP contribution in [0.25, 0.3) is 0 Å². The number of rotatable bonds is 10. The zero-order valence-corrected chi connectivity index (χ0v) is 22.8. The molecule has 0 atom stereocenters. The van der Waals surface area contributed by atoms with E-state index in [1.165, 1.54) is 0 Å². The molecule has 0 bridgehead atoms. The van der Waals surface area contributed by atoms with Crippen molar-refractivity contribution in [1.29, 1.82) is 0 Å². The van der Waals surface area contributed by atoms with Crippen LogP contribution in [0.2, 0.25) is 78.6 Å². The van der Waals surface area contributed by atoms with Crippen LogP contribution in [0.15, 0.2) is 0 Å². The molecular formula is C14H40NO4PSi4. The Morgan fingerprint density at radius 2 is 1.04 bits per heavy atom. The average Bonchev–Trinajstić information content (AvgIpc) is 2.14. The van der Waals surface area contributed by atoms with Crippen molar-refractivity contribution in [3.05, 3.63) is 0 Å². The Labute approximate surface area is 154 Å². The molecule has 0 aromatic rings. The summed E-state index contributed by atoms with van der Waals surface area (Å²) in [7, 11) is -10.5. The Morgan fingerprint density at radius 1 is 0.708 bits per heavy atom. The lowest BCUT2D eigenvalue weighted by Gasteiger charge is -2.43. The first-order chi connectivity index (χ1) is 10.3. The van der Waals surface area contributed by atoms with E-state index >= 15 is 0 Å². The van der Waals surface area contributed by atoms with Gasteiger partial charge in [0.25, 0.3) is 0 Å². The SMILES string of the molecule is C[Si](C)(C)OP(=O)(OCCN([Si](C)(C)C)[Si](C)(C)C)O[Si](C)(C)C. The topological polar surface area (TPSA) is 48.0 Å². The van der Waals surface area contributed by atoms with Gasteiger partial charge in [0.2, 0.25) is 0 Å². The number of hydrogen-bond acceptors (Lipinski definition) is 5. The van der Waals surface area contributed by atoms with Crippen LogP contribution >= 0.6 is 7.82 Å². The van der Waals surface area contributed by atoms with E-state index in [0.29, 0.717) is 6.61 Å². The quantitative estimate of drug-likeness (QED) is 0.325. The van der Waals surface area contributed by atoms with Gasteiger partial charge in [-0.05, 0) is 39.3 Å². The van der Waals surface area contributed by atoms with Gasteiger partial charge in [0.15, 0.2) is 16.6 Å². The van der Waals surface area contributed by atoms with Crippen molar-refractivity contribution in [3.8, 4) is 0 Å². The van der Waals surface area contributed by atoms with E-state index in [-0.39, 0.29) is 0 Å². The molecule has 0 fully saturated rings.